The molecule has 1 saturated heterocycles. The standard InChI is InChI=1S/C14H20ClN3O2/c1-2-8-20-12-4-3-7-18(10-12)14(19)17-11-5-6-13(15)16-9-11/h5-6,9,12H,2-4,7-8,10H2,1H3,(H,17,19). The SMILES string of the molecule is CCCOC1CCCN(C(=O)Nc2ccc(Cl)nc2)C1. The molecule has 1 aromatic heterocycles. The Hall–Kier alpha value is -1.33. The van der Waals surface area contributed by atoms with Gasteiger partial charge in [-0.05, 0) is 31.4 Å². The second-order valence-corrected chi connectivity index (χ2v) is 5.27. The van der Waals surface area contributed by atoms with Crippen LogP contribution >= 0.6 is 11.6 Å². The third kappa shape index (κ3) is 4.35. The molecule has 1 fully saturated rings. The minimum absolute atomic E-state index is 0.112. The molecule has 5 nitrogen and oxygen atoms in total. The number of nitrogens with zero attached hydrogens (tertiary/aromatic N) is 2. The normalized spacial score (nSPS) is 18.9. The lowest BCUT2D eigenvalue weighted by molar-refractivity contribution is 0.0115. The molecule has 20 heavy (non-hydrogen) atoms. The van der Waals surface area contributed by atoms with Crippen LogP contribution in [0, 0.1) is 0 Å². The molecule has 6 heteroatoms. The number of likely N-dealkylation sites (tertiary alicyclic amines) is 1. The molecular formula is C14H20ClN3O2. The molecule has 2 rings (SSSR count). The molecule has 110 valence electrons. The maximum Gasteiger partial charge on any atom is 0.321 e. The molecule has 1 unspecified atom stereocenters. The van der Waals surface area contributed by atoms with Gasteiger partial charge in [-0.25, -0.2) is 9.78 Å². The summed E-state index contributed by atoms with van der Waals surface area (Å²) in [4.78, 5) is 17.9. The monoisotopic (exact) mass is 297 g/mol. The van der Waals surface area contributed by atoms with Crippen molar-refractivity contribution >= 4 is 23.3 Å². The van der Waals surface area contributed by atoms with Crippen molar-refractivity contribution in [1.82, 2.24) is 9.88 Å². The Bertz CT molecular complexity index is 439. The summed E-state index contributed by atoms with van der Waals surface area (Å²) in [5, 5.41) is 3.24. The number of urea groups is 1. The van der Waals surface area contributed by atoms with Gasteiger partial charge in [0.2, 0.25) is 0 Å². The van der Waals surface area contributed by atoms with E-state index in [1.54, 1.807) is 23.2 Å². The molecule has 2 heterocycles. The molecule has 0 aromatic carbocycles. The number of piperidine rings is 1. The van der Waals surface area contributed by atoms with Crippen molar-refractivity contribution in [1.29, 1.82) is 0 Å². The van der Waals surface area contributed by atoms with Gasteiger partial charge in [-0.3, -0.25) is 0 Å². The van der Waals surface area contributed by atoms with E-state index in [1.807, 2.05) is 0 Å². The van der Waals surface area contributed by atoms with Gasteiger partial charge >= 0.3 is 6.03 Å². The van der Waals surface area contributed by atoms with E-state index < -0.39 is 0 Å². The van der Waals surface area contributed by atoms with Crippen LogP contribution in [0.15, 0.2) is 18.3 Å². The van der Waals surface area contributed by atoms with E-state index in [9.17, 15) is 4.79 Å². The maximum absolute atomic E-state index is 12.2. The van der Waals surface area contributed by atoms with Crippen molar-refractivity contribution in [3.05, 3.63) is 23.5 Å². The quantitative estimate of drug-likeness (QED) is 0.869. The summed E-state index contributed by atoms with van der Waals surface area (Å²) in [5.41, 5.74) is 0.649. The minimum Gasteiger partial charge on any atom is -0.376 e. The largest absolute Gasteiger partial charge is 0.376 e. The fourth-order valence-electron chi connectivity index (χ4n) is 2.20. The number of rotatable bonds is 4. The maximum atomic E-state index is 12.2. The number of anilines is 1. The molecule has 1 aliphatic heterocycles. The summed E-state index contributed by atoms with van der Waals surface area (Å²) in [7, 11) is 0. The van der Waals surface area contributed by atoms with Crippen LogP contribution in [0.3, 0.4) is 0 Å². The van der Waals surface area contributed by atoms with Crippen molar-refractivity contribution in [2.24, 2.45) is 0 Å². The number of nitrogens with one attached hydrogen (secondary N) is 1. The Kier molecular flexibility index (Phi) is 5.61. The van der Waals surface area contributed by atoms with E-state index in [2.05, 4.69) is 17.2 Å². The van der Waals surface area contributed by atoms with E-state index >= 15 is 0 Å². The summed E-state index contributed by atoms with van der Waals surface area (Å²) < 4.78 is 5.73. The van der Waals surface area contributed by atoms with Gasteiger partial charge < -0.3 is 15.0 Å². The number of hydrogen-bond acceptors (Lipinski definition) is 3. The molecule has 1 atom stereocenters. The lowest BCUT2D eigenvalue weighted by Gasteiger charge is -2.32. The van der Waals surface area contributed by atoms with Crippen molar-refractivity contribution in [3.8, 4) is 0 Å². The number of ether oxygens (including phenoxy) is 1. The lowest BCUT2D eigenvalue weighted by atomic mass is 10.1. The van der Waals surface area contributed by atoms with Gasteiger partial charge in [0.25, 0.3) is 0 Å². The van der Waals surface area contributed by atoms with E-state index in [-0.39, 0.29) is 12.1 Å². The molecule has 1 aliphatic rings. The molecule has 1 N–H and O–H groups in total. The van der Waals surface area contributed by atoms with Crippen LogP contribution in [-0.4, -0.2) is 41.7 Å². The topological polar surface area (TPSA) is 54.5 Å². The number of hydrogen-bond donors (Lipinski definition) is 1. The van der Waals surface area contributed by atoms with Crippen molar-refractivity contribution in [2.75, 3.05) is 25.0 Å². The summed E-state index contributed by atoms with van der Waals surface area (Å²) in [5.74, 6) is 0. The van der Waals surface area contributed by atoms with Crippen molar-refractivity contribution < 1.29 is 9.53 Å². The fraction of sp³-hybridized carbons (Fsp3) is 0.571. The van der Waals surface area contributed by atoms with Crippen LogP contribution in [0.1, 0.15) is 26.2 Å². The first-order valence-corrected chi connectivity index (χ1v) is 7.36. The third-order valence-electron chi connectivity index (χ3n) is 3.20. The van der Waals surface area contributed by atoms with Crippen LogP contribution in [0.2, 0.25) is 5.15 Å². The second kappa shape index (κ2) is 7.45. The van der Waals surface area contributed by atoms with Crippen molar-refractivity contribution in [3.63, 3.8) is 0 Å². The van der Waals surface area contributed by atoms with Gasteiger partial charge in [0, 0.05) is 19.7 Å². The molecule has 0 saturated carbocycles. The molecule has 0 aliphatic carbocycles. The summed E-state index contributed by atoms with van der Waals surface area (Å²) in [6.45, 7) is 4.24. The smallest absolute Gasteiger partial charge is 0.321 e. The van der Waals surface area contributed by atoms with Gasteiger partial charge in [-0.2, -0.15) is 0 Å². The zero-order valence-electron chi connectivity index (χ0n) is 11.6. The van der Waals surface area contributed by atoms with Gasteiger partial charge in [0.05, 0.1) is 18.0 Å². The number of aromatic nitrogens is 1. The summed E-state index contributed by atoms with van der Waals surface area (Å²) in [6, 6.07) is 3.28. The lowest BCUT2D eigenvalue weighted by Crippen LogP contribution is -2.45. The van der Waals surface area contributed by atoms with Crippen LogP contribution in [0.4, 0.5) is 10.5 Å². The van der Waals surface area contributed by atoms with E-state index in [0.29, 0.717) is 17.4 Å². The molecular weight excluding hydrogens is 278 g/mol. The Morgan fingerprint density at radius 3 is 3.15 bits per heavy atom. The first-order chi connectivity index (χ1) is 9.69. The highest BCUT2D eigenvalue weighted by molar-refractivity contribution is 6.29. The number of pyridine rings is 1. The number of amides is 2. The van der Waals surface area contributed by atoms with Crippen LogP contribution in [0.25, 0.3) is 0 Å². The average Bonchev–Trinajstić information content (AvgIpc) is 2.48. The van der Waals surface area contributed by atoms with E-state index in [4.69, 9.17) is 16.3 Å². The third-order valence-corrected chi connectivity index (χ3v) is 3.43. The molecule has 0 radical (unpaired) electrons. The number of halogens is 1. The highest BCUT2D eigenvalue weighted by Crippen LogP contribution is 2.16. The van der Waals surface area contributed by atoms with Gasteiger partial charge in [-0.15, -0.1) is 0 Å². The molecule has 2 amide bonds. The zero-order chi connectivity index (χ0) is 14.4. The minimum atomic E-state index is -0.112. The van der Waals surface area contributed by atoms with Crippen molar-refractivity contribution in [2.45, 2.75) is 32.3 Å². The van der Waals surface area contributed by atoms with Crippen LogP contribution in [0.5, 0.6) is 0 Å². The number of carbonyl (C=O) groups excluding carboxylic acids is 1. The highest BCUT2D eigenvalue weighted by Gasteiger charge is 2.24. The average molecular weight is 298 g/mol. The van der Waals surface area contributed by atoms with E-state index in [1.165, 1.54) is 0 Å². The Labute approximate surface area is 124 Å². The van der Waals surface area contributed by atoms with E-state index in [0.717, 1.165) is 32.4 Å². The summed E-state index contributed by atoms with van der Waals surface area (Å²) in [6.07, 6.45) is 4.69. The first kappa shape index (κ1) is 15.1. The first-order valence-electron chi connectivity index (χ1n) is 6.98. The molecule has 1 aromatic rings. The molecule has 0 bridgehead atoms. The van der Waals surface area contributed by atoms with Gasteiger partial charge in [-0.1, -0.05) is 18.5 Å². The second-order valence-electron chi connectivity index (χ2n) is 4.88. The highest BCUT2D eigenvalue weighted by atomic mass is 35.5. The fourth-order valence-corrected chi connectivity index (χ4v) is 2.31. The van der Waals surface area contributed by atoms with Crippen LogP contribution < -0.4 is 5.32 Å². The predicted molar refractivity (Wildman–Crippen MR) is 79.1 cm³/mol. The van der Waals surface area contributed by atoms with Gasteiger partial charge in [0.1, 0.15) is 5.15 Å². The zero-order valence-corrected chi connectivity index (χ0v) is 12.4. The Balaban J connectivity index is 1.86. The Morgan fingerprint density at radius 1 is 1.60 bits per heavy atom. The van der Waals surface area contributed by atoms with Crippen LogP contribution in [-0.2, 0) is 4.74 Å². The number of carbonyl (C=O) groups is 1. The molecule has 0 spiro atoms. The predicted octanol–water partition coefficient (Wildman–Crippen LogP) is 3.16. The summed E-state index contributed by atoms with van der Waals surface area (Å²) >= 11 is 5.71. The van der Waals surface area contributed by atoms with Gasteiger partial charge in [0.15, 0.2) is 0 Å². The Morgan fingerprint density at radius 2 is 2.45 bits per heavy atom.